The van der Waals surface area contributed by atoms with Gasteiger partial charge in [0.05, 0.1) is 16.1 Å². The molecule has 2 aromatic rings. The number of halogens is 3. The van der Waals surface area contributed by atoms with E-state index in [0.29, 0.717) is 15.8 Å². The highest BCUT2D eigenvalue weighted by Gasteiger charge is 2.09. The van der Waals surface area contributed by atoms with Gasteiger partial charge in [-0.05, 0) is 36.8 Å². The summed E-state index contributed by atoms with van der Waals surface area (Å²) in [5, 5.41) is 10.3. The fourth-order valence-corrected chi connectivity index (χ4v) is 2.05. The van der Waals surface area contributed by atoms with Crippen molar-refractivity contribution in [2.24, 2.45) is 0 Å². The Bertz CT molecular complexity index is 615. The third-order valence-corrected chi connectivity index (χ3v) is 3.55. The van der Waals surface area contributed by atoms with Crippen LogP contribution in [0, 0.1) is 5.82 Å². The van der Waals surface area contributed by atoms with Gasteiger partial charge in [-0.1, -0.05) is 29.3 Å². The molecule has 0 aliphatic heterocycles. The maximum absolute atomic E-state index is 13.7. The van der Waals surface area contributed by atoms with Crippen LogP contribution in [0.4, 0.5) is 4.39 Å². The monoisotopic (exact) mass is 314 g/mol. The lowest BCUT2D eigenvalue weighted by Crippen LogP contribution is -1.99. The molecule has 0 bridgehead atoms. The van der Waals surface area contributed by atoms with Crippen LogP contribution >= 0.6 is 23.2 Å². The summed E-state index contributed by atoms with van der Waals surface area (Å²) in [6.45, 7) is 1.76. The third kappa shape index (κ3) is 3.63. The number of hydrogen-bond donors (Lipinski definition) is 1. The summed E-state index contributed by atoms with van der Waals surface area (Å²) in [6, 6.07) is 9.53. The zero-order valence-corrected chi connectivity index (χ0v) is 12.2. The zero-order valence-electron chi connectivity index (χ0n) is 10.7. The molecule has 0 amide bonds. The molecule has 0 heterocycles. The molecule has 2 nitrogen and oxygen atoms in total. The van der Waals surface area contributed by atoms with Crippen LogP contribution in [0.3, 0.4) is 0 Å². The minimum Gasteiger partial charge on any atom is -0.489 e. The SMILES string of the molecule is CC(O)c1ccc(OCc2ccc(Cl)c(Cl)c2)cc1F. The molecule has 106 valence electrons. The number of rotatable bonds is 4. The molecule has 0 saturated heterocycles. The molecule has 1 N–H and O–H groups in total. The molecule has 5 heteroatoms. The fraction of sp³-hybridized carbons (Fsp3) is 0.200. The van der Waals surface area contributed by atoms with E-state index in [9.17, 15) is 9.50 Å². The topological polar surface area (TPSA) is 29.5 Å². The molecule has 0 aliphatic rings. The van der Waals surface area contributed by atoms with Gasteiger partial charge in [0.15, 0.2) is 0 Å². The molecular formula is C15H13Cl2FO2. The predicted molar refractivity (Wildman–Crippen MR) is 77.8 cm³/mol. The number of aliphatic hydroxyl groups excluding tert-OH is 1. The van der Waals surface area contributed by atoms with Crippen LogP contribution < -0.4 is 4.74 Å². The lowest BCUT2D eigenvalue weighted by atomic mass is 10.1. The van der Waals surface area contributed by atoms with Gasteiger partial charge in [-0.2, -0.15) is 0 Å². The van der Waals surface area contributed by atoms with E-state index < -0.39 is 11.9 Å². The molecule has 0 spiro atoms. The summed E-state index contributed by atoms with van der Waals surface area (Å²) >= 11 is 11.7. The smallest absolute Gasteiger partial charge is 0.132 e. The minimum absolute atomic E-state index is 0.242. The number of benzene rings is 2. The molecule has 2 rings (SSSR count). The van der Waals surface area contributed by atoms with Crippen LogP contribution in [0.15, 0.2) is 36.4 Å². The van der Waals surface area contributed by atoms with Gasteiger partial charge >= 0.3 is 0 Å². The maximum atomic E-state index is 13.7. The van der Waals surface area contributed by atoms with E-state index in [1.54, 1.807) is 24.3 Å². The molecule has 0 radical (unpaired) electrons. The van der Waals surface area contributed by atoms with Crippen LogP contribution in [0.2, 0.25) is 10.0 Å². The standard InChI is InChI=1S/C15H13Cl2FO2/c1-9(19)12-4-3-11(7-15(12)18)20-8-10-2-5-13(16)14(17)6-10/h2-7,9,19H,8H2,1H3. The molecule has 0 saturated carbocycles. The van der Waals surface area contributed by atoms with Crippen molar-refractivity contribution in [1.82, 2.24) is 0 Å². The summed E-state index contributed by atoms with van der Waals surface area (Å²) in [5.41, 5.74) is 1.08. The van der Waals surface area contributed by atoms with Crippen molar-refractivity contribution < 1.29 is 14.2 Å². The second-order valence-electron chi connectivity index (χ2n) is 4.40. The Balaban J connectivity index is 2.07. The fourth-order valence-electron chi connectivity index (χ4n) is 1.73. The summed E-state index contributed by atoms with van der Waals surface area (Å²) < 4.78 is 19.1. The Kier molecular flexibility index (Phi) is 4.86. The van der Waals surface area contributed by atoms with Crippen molar-refractivity contribution in [3.8, 4) is 5.75 Å². The van der Waals surface area contributed by atoms with Gasteiger partial charge in [0, 0.05) is 11.6 Å². The molecular weight excluding hydrogens is 302 g/mol. The lowest BCUT2D eigenvalue weighted by Gasteiger charge is -2.10. The van der Waals surface area contributed by atoms with Crippen LogP contribution in [-0.2, 0) is 6.61 Å². The molecule has 1 unspecified atom stereocenters. The van der Waals surface area contributed by atoms with Gasteiger partial charge < -0.3 is 9.84 Å². The minimum atomic E-state index is -0.848. The van der Waals surface area contributed by atoms with Crippen LogP contribution in [0.5, 0.6) is 5.75 Å². The second kappa shape index (κ2) is 6.44. The van der Waals surface area contributed by atoms with Gasteiger partial charge in [-0.3, -0.25) is 0 Å². The lowest BCUT2D eigenvalue weighted by molar-refractivity contribution is 0.194. The summed E-state index contributed by atoms with van der Waals surface area (Å²) in [4.78, 5) is 0. The van der Waals surface area contributed by atoms with E-state index >= 15 is 0 Å². The molecule has 20 heavy (non-hydrogen) atoms. The van der Waals surface area contributed by atoms with E-state index in [0.717, 1.165) is 5.56 Å². The highest BCUT2D eigenvalue weighted by atomic mass is 35.5. The Morgan fingerprint density at radius 2 is 1.90 bits per heavy atom. The van der Waals surface area contributed by atoms with Gasteiger partial charge in [0.25, 0.3) is 0 Å². The maximum Gasteiger partial charge on any atom is 0.132 e. The van der Waals surface area contributed by atoms with Crippen LogP contribution in [0.25, 0.3) is 0 Å². The van der Waals surface area contributed by atoms with Gasteiger partial charge in [0.1, 0.15) is 18.2 Å². The average Bonchev–Trinajstić information content (AvgIpc) is 2.40. The predicted octanol–water partition coefficient (Wildman–Crippen LogP) is 4.76. The van der Waals surface area contributed by atoms with Crippen molar-refractivity contribution in [3.05, 3.63) is 63.4 Å². The first-order valence-electron chi connectivity index (χ1n) is 6.01. The molecule has 0 aromatic heterocycles. The second-order valence-corrected chi connectivity index (χ2v) is 5.21. The summed E-state index contributed by atoms with van der Waals surface area (Å²) in [7, 11) is 0. The van der Waals surface area contributed by atoms with Crippen molar-refractivity contribution in [1.29, 1.82) is 0 Å². The first-order valence-corrected chi connectivity index (χ1v) is 6.77. The quantitative estimate of drug-likeness (QED) is 0.881. The molecule has 1 atom stereocenters. The number of ether oxygens (including phenoxy) is 1. The van der Waals surface area contributed by atoms with Crippen LogP contribution in [-0.4, -0.2) is 5.11 Å². The summed E-state index contributed by atoms with van der Waals surface area (Å²) in [5.74, 6) is -0.107. The largest absolute Gasteiger partial charge is 0.489 e. The Hall–Kier alpha value is -1.29. The van der Waals surface area contributed by atoms with E-state index in [1.807, 2.05) is 0 Å². The zero-order chi connectivity index (χ0) is 14.7. The first-order chi connectivity index (χ1) is 9.47. The number of aliphatic hydroxyl groups is 1. The third-order valence-electron chi connectivity index (χ3n) is 2.81. The van der Waals surface area contributed by atoms with E-state index in [-0.39, 0.29) is 12.2 Å². The van der Waals surface area contributed by atoms with Crippen LogP contribution in [0.1, 0.15) is 24.2 Å². The van der Waals surface area contributed by atoms with Gasteiger partial charge in [0.2, 0.25) is 0 Å². The van der Waals surface area contributed by atoms with Gasteiger partial charge in [-0.25, -0.2) is 4.39 Å². The Morgan fingerprint density at radius 3 is 2.50 bits per heavy atom. The molecule has 0 aliphatic carbocycles. The molecule has 2 aromatic carbocycles. The van der Waals surface area contributed by atoms with Gasteiger partial charge in [-0.15, -0.1) is 0 Å². The van der Waals surface area contributed by atoms with Crippen molar-refractivity contribution in [2.45, 2.75) is 19.6 Å². The van der Waals surface area contributed by atoms with Crippen molar-refractivity contribution in [3.63, 3.8) is 0 Å². The Morgan fingerprint density at radius 1 is 1.15 bits per heavy atom. The number of hydrogen-bond acceptors (Lipinski definition) is 2. The van der Waals surface area contributed by atoms with E-state index in [2.05, 4.69) is 0 Å². The normalized spacial score (nSPS) is 12.2. The average molecular weight is 315 g/mol. The van der Waals surface area contributed by atoms with E-state index in [4.69, 9.17) is 27.9 Å². The highest BCUT2D eigenvalue weighted by Crippen LogP contribution is 2.25. The first kappa shape index (κ1) is 15.1. The van der Waals surface area contributed by atoms with E-state index in [1.165, 1.54) is 19.1 Å². The molecule has 0 fully saturated rings. The van der Waals surface area contributed by atoms with Crippen molar-refractivity contribution >= 4 is 23.2 Å². The Labute approximate surface area is 126 Å². The highest BCUT2D eigenvalue weighted by molar-refractivity contribution is 6.42. The van der Waals surface area contributed by atoms with Crippen molar-refractivity contribution in [2.75, 3.05) is 0 Å². The summed E-state index contributed by atoms with van der Waals surface area (Å²) in [6.07, 6.45) is -0.848.